The average Bonchev–Trinajstić information content (AvgIpc) is 2.91. The van der Waals surface area contributed by atoms with E-state index in [1.807, 2.05) is 0 Å². The Labute approximate surface area is 121 Å². The molecule has 20 heavy (non-hydrogen) atoms. The van der Waals surface area contributed by atoms with Crippen LogP contribution >= 0.6 is 11.6 Å². The fourth-order valence-corrected chi connectivity index (χ4v) is 2.44. The lowest BCUT2D eigenvalue weighted by Gasteiger charge is -2.30. The van der Waals surface area contributed by atoms with Crippen LogP contribution in [0.15, 0.2) is 12.7 Å². The molecule has 1 atom stereocenters. The molecule has 1 fully saturated rings. The first-order valence-electron chi connectivity index (χ1n) is 6.42. The number of nitrogens with zero attached hydrogens (tertiary/aromatic N) is 7. The number of piperidine rings is 1. The van der Waals surface area contributed by atoms with E-state index in [2.05, 4.69) is 42.3 Å². The van der Waals surface area contributed by atoms with E-state index < -0.39 is 0 Å². The number of halogens is 1. The monoisotopic (exact) mass is 294 g/mol. The number of likely N-dealkylation sites (tertiary alicyclic amines) is 1. The molecule has 3 heterocycles. The molecule has 3 rings (SSSR count). The zero-order valence-corrected chi connectivity index (χ0v) is 11.8. The van der Waals surface area contributed by atoms with Crippen molar-refractivity contribution in [1.82, 2.24) is 34.6 Å². The second-order valence-electron chi connectivity index (χ2n) is 4.81. The molecule has 1 N–H and O–H groups in total. The number of rotatable bonds is 3. The van der Waals surface area contributed by atoms with Gasteiger partial charge in [-0.25, -0.2) is 4.98 Å². The average molecular weight is 295 g/mol. The second kappa shape index (κ2) is 5.68. The van der Waals surface area contributed by atoms with Gasteiger partial charge in [-0.15, -0.1) is 0 Å². The van der Waals surface area contributed by atoms with E-state index >= 15 is 0 Å². The molecule has 0 radical (unpaired) electrons. The van der Waals surface area contributed by atoms with E-state index in [0.29, 0.717) is 17.9 Å². The van der Waals surface area contributed by atoms with Crippen LogP contribution in [0.25, 0.3) is 5.95 Å². The summed E-state index contributed by atoms with van der Waals surface area (Å²) in [6, 6.07) is 0.316. The summed E-state index contributed by atoms with van der Waals surface area (Å²) in [5.41, 5.74) is 0. The maximum absolute atomic E-state index is 5.94. The Morgan fingerprint density at radius 2 is 2.25 bits per heavy atom. The topological polar surface area (TPSA) is 84.6 Å². The molecule has 0 bridgehead atoms. The quantitative estimate of drug-likeness (QED) is 0.888. The Morgan fingerprint density at radius 3 is 3.00 bits per heavy atom. The smallest absolute Gasteiger partial charge is 0.258 e. The highest BCUT2D eigenvalue weighted by Crippen LogP contribution is 2.14. The third-order valence-electron chi connectivity index (χ3n) is 3.18. The van der Waals surface area contributed by atoms with Crippen molar-refractivity contribution in [3.63, 3.8) is 0 Å². The minimum Gasteiger partial charge on any atom is -0.350 e. The van der Waals surface area contributed by atoms with Crippen molar-refractivity contribution in [3.8, 4) is 5.95 Å². The maximum Gasteiger partial charge on any atom is 0.258 e. The van der Waals surface area contributed by atoms with Gasteiger partial charge in [-0.2, -0.15) is 24.7 Å². The first-order valence-corrected chi connectivity index (χ1v) is 6.80. The lowest BCUT2D eigenvalue weighted by Crippen LogP contribution is -2.40. The summed E-state index contributed by atoms with van der Waals surface area (Å²) in [6.07, 6.45) is 5.18. The minimum absolute atomic E-state index is 0.136. The molecule has 2 aromatic heterocycles. The standard InChI is InChI=1S/C11H15ClN8/c1-19-4-2-3-8(5-19)15-10-16-9(12)17-11(18-10)20-7-13-6-14-20/h6-8H,2-5H2,1H3,(H,15,16,17,18). The second-order valence-corrected chi connectivity index (χ2v) is 5.15. The van der Waals surface area contributed by atoms with Gasteiger partial charge in [-0.1, -0.05) is 0 Å². The van der Waals surface area contributed by atoms with Gasteiger partial charge in [-0.3, -0.25) is 0 Å². The van der Waals surface area contributed by atoms with Crippen molar-refractivity contribution in [2.45, 2.75) is 18.9 Å². The molecule has 1 aliphatic heterocycles. The lowest BCUT2D eigenvalue weighted by molar-refractivity contribution is 0.260. The van der Waals surface area contributed by atoms with Gasteiger partial charge in [0, 0.05) is 12.6 Å². The number of hydrogen-bond donors (Lipinski definition) is 1. The molecular formula is C11H15ClN8. The fourth-order valence-electron chi connectivity index (χ4n) is 2.28. The Bertz CT molecular complexity index is 572. The number of aromatic nitrogens is 6. The largest absolute Gasteiger partial charge is 0.350 e. The van der Waals surface area contributed by atoms with Crippen LogP contribution in [0.4, 0.5) is 5.95 Å². The van der Waals surface area contributed by atoms with Crippen molar-refractivity contribution in [2.75, 3.05) is 25.5 Å². The molecule has 8 nitrogen and oxygen atoms in total. The van der Waals surface area contributed by atoms with Crippen LogP contribution in [-0.2, 0) is 0 Å². The molecule has 2 aromatic rings. The summed E-state index contributed by atoms with van der Waals surface area (Å²) in [5, 5.41) is 7.43. The van der Waals surface area contributed by atoms with E-state index in [1.165, 1.54) is 17.3 Å². The summed E-state index contributed by atoms with van der Waals surface area (Å²) >= 11 is 5.94. The van der Waals surface area contributed by atoms with E-state index in [9.17, 15) is 0 Å². The molecule has 0 spiro atoms. The Balaban J connectivity index is 1.79. The third-order valence-corrected chi connectivity index (χ3v) is 3.35. The lowest BCUT2D eigenvalue weighted by atomic mass is 10.1. The van der Waals surface area contributed by atoms with E-state index in [-0.39, 0.29) is 5.28 Å². The highest BCUT2D eigenvalue weighted by Gasteiger charge is 2.18. The molecule has 0 aromatic carbocycles. The number of likely N-dealkylation sites (N-methyl/N-ethyl adjacent to an activating group) is 1. The van der Waals surface area contributed by atoms with Crippen LogP contribution in [0.1, 0.15) is 12.8 Å². The maximum atomic E-state index is 5.94. The molecule has 1 aliphatic rings. The molecular weight excluding hydrogens is 280 g/mol. The van der Waals surface area contributed by atoms with Crippen LogP contribution in [0.3, 0.4) is 0 Å². The SMILES string of the molecule is CN1CCCC(Nc2nc(Cl)nc(-n3cncn3)n2)C1. The minimum atomic E-state index is 0.136. The molecule has 9 heteroatoms. The van der Waals surface area contributed by atoms with E-state index in [0.717, 1.165) is 25.9 Å². The van der Waals surface area contributed by atoms with Crippen LogP contribution in [0.5, 0.6) is 0 Å². The highest BCUT2D eigenvalue weighted by molar-refractivity contribution is 6.28. The summed E-state index contributed by atoms with van der Waals surface area (Å²) in [7, 11) is 2.11. The summed E-state index contributed by atoms with van der Waals surface area (Å²) in [4.78, 5) is 18.6. The van der Waals surface area contributed by atoms with Crippen LogP contribution in [-0.4, -0.2) is 60.8 Å². The van der Waals surface area contributed by atoms with Crippen molar-refractivity contribution in [2.24, 2.45) is 0 Å². The van der Waals surface area contributed by atoms with Gasteiger partial charge in [0.25, 0.3) is 5.95 Å². The summed E-state index contributed by atoms with van der Waals surface area (Å²) in [5.74, 6) is 0.824. The van der Waals surface area contributed by atoms with Gasteiger partial charge in [0.05, 0.1) is 0 Å². The predicted molar refractivity (Wildman–Crippen MR) is 73.9 cm³/mol. The van der Waals surface area contributed by atoms with Crippen molar-refractivity contribution < 1.29 is 0 Å². The number of anilines is 1. The summed E-state index contributed by atoms with van der Waals surface area (Å²) in [6.45, 7) is 2.09. The highest BCUT2D eigenvalue weighted by atomic mass is 35.5. The van der Waals surface area contributed by atoms with Gasteiger partial charge < -0.3 is 10.2 Å². The first kappa shape index (κ1) is 13.2. The Morgan fingerprint density at radius 1 is 1.35 bits per heavy atom. The van der Waals surface area contributed by atoms with Crippen molar-refractivity contribution in [3.05, 3.63) is 17.9 Å². The zero-order chi connectivity index (χ0) is 13.9. The third kappa shape index (κ3) is 3.02. The van der Waals surface area contributed by atoms with Crippen LogP contribution < -0.4 is 5.32 Å². The Kier molecular flexibility index (Phi) is 3.75. The van der Waals surface area contributed by atoms with Crippen LogP contribution in [0, 0.1) is 0 Å². The number of hydrogen-bond acceptors (Lipinski definition) is 7. The molecule has 1 unspecified atom stereocenters. The van der Waals surface area contributed by atoms with Gasteiger partial charge in [0.15, 0.2) is 0 Å². The first-order chi connectivity index (χ1) is 9.70. The van der Waals surface area contributed by atoms with Gasteiger partial charge in [-0.05, 0) is 38.0 Å². The molecule has 0 aliphatic carbocycles. The van der Waals surface area contributed by atoms with E-state index in [1.54, 1.807) is 0 Å². The van der Waals surface area contributed by atoms with Crippen molar-refractivity contribution >= 4 is 17.5 Å². The van der Waals surface area contributed by atoms with Crippen LogP contribution in [0.2, 0.25) is 5.28 Å². The normalized spacial score (nSPS) is 20.0. The molecule has 1 saturated heterocycles. The van der Waals surface area contributed by atoms with E-state index in [4.69, 9.17) is 11.6 Å². The predicted octanol–water partition coefficient (Wildman–Crippen LogP) is 0.612. The molecule has 106 valence electrons. The fraction of sp³-hybridized carbons (Fsp3) is 0.545. The van der Waals surface area contributed by atoms with Gasteiger partial charge in [0.1, 0.15) is 12.7 Å². The van der Waals surface area contributed by atoms with Gasteiger partial charge in [0.2, 0.25) is 11.2 Å². The van der Waals surface area contributed by atoms with Crippen molar-refractivity contribution in [1.29, 1.82) is 0 Å². The Hall–Kier alpha value is -1.80. The molecule has 0 saturated carbocycles. The zero-order valence-electron chi connectivity index (χ0n) is 11.1. The summed E-state index contributed by atoms with van der Waals surface area (Å²) < 4.78 is 1.45. The van der Waals surface area contributed by atoms with Gasteiger partial charge >= 0.3 is 0 Å². The molecule has 0 amide bonds. The number of nitrogens with one attached hydrogen (secondary N) is 1.